The lowest BCUT2D eigenvalue weighted by Gasteiger charge is -2.37. The quantitative estimate of drug-likeness (QED) is 0.818. The number of hydrogen-bond donors (Lipinski definition) is 0. The maximum absolute atomic E-state index is 6.03. The largest absolute Gasteiger partial charge is 0.472 e. The molecule has 4 rings (SSSR count). The number of morpholine rings is 1. The van der Waals surface area contributed by atoms with Crippen molar-refractivity contribution in [1.29, 1.82) is 0 Å². The topological polar surface area (TPSA) is 32.1 Å². The van der Waals surface area contributed by atoms with E-state index in [0.717, 1.165) is 32.8 Å². The van der Waals surface area contributed by atoms with Crippen molar-refractivity contribution in [3.05, 3.63) is 24.2 Å². The van der Waals surface area contributed by atoms with Crippen LogP contribution in [0.4, 0.5) is 0 Å². The first-order valence-electron chi connectivity index (χ1n) is 8.70. The highest BCUT2D eigenvalue weighted by Crippen LogP contribution is 2.24. The van der Waals surface area contributed by atoms with Crippen LogP contribution in [0.15, 0.2) is 23.0 Å². The summed E-state index contributed by atoms with van der Waals surface area (Å²) in [5.74, 6) is 0. The Bertz CT molecular complexity index is 458. The zero-order chi connectivity index (χ0) is 14.8. The molecule has 4 heterocycles. The summed E-state index contributed by atoms with van der Waals surface area (Å²) in [5, 5.41) is 0. The number of furan rings is 1. The number of ether oxygens (including phenoxy) is 1. The molecular formula is C17H27N3O2. The summed E-state index contributed by atoms with van der Waals surface area (Å²) < 4.78 is 11.2. The minimum Gasteiger partial charge on any atom is -0.472 e. The zero-order valence-electron chi connectivity index (χ0n) is 13.3. The third kappa shape index (κ3) is 3.23. The molecule has 122 valence electrons. The number of nitrogens with zero attached hydrogens (tertiary/aromatic N) is 3. The van der Waals surface area contributed by atoms with Crippen LogP contribution in [0.25, 0.3) is 0 Å². The van der Waals surface area contributed by atoms with Crippen molar-refractivity contribution in [2.75, 3.05) is 52.4 Å². The first-order valence-corrected chi connectivity index (χ1v) is 8.70. The fourth-order valence-electron chi connectivity index (χ4n) is 4.16. The fourth-order valence-corrected chi connectivity index (χ4v) is 4.16. The first-order chi connectivity index (χ1) is 10.9. The molecule has 3 fully saturated rings. The monoisotopic (exact) mass is 305 g/mol. The van der Waals surface area contributed by atoms with E-state index in [2.05, 4.69) is 20.8 Å². The predicted molar refractivity (Wildman–Crippen MR) is 84.8 cm³/mol. The van der Waals surface area contributed by atoms with Crippen molar-refractivity contribution in [2.24, 2.45) is 0 Å². The van der Waals surface area contributed by atoms with Crippen LogP contribution in [0.3, 0.4) is 0 Å². The van der Waals surface area contributed by atoms with Crippen LogP contribution in [0.1, 0.15) is 18.4 Å². The van der Waals surface area contributed by atoms with Gasteiger partial charge in [-0.15, -0.1) is 0 Å². The van der Waals surface area contributed by atoms with Crippen molar-refractivity contribution in [2.45, 2.75) is 31.5 Å². The van der Waals surface area contributed by atoms with Gasteiger partial charge in [0.25, 0.3) is 0 Å². The smallest absolute Gasteiger partial charge is 0.0947 e. The molecule has 0 bridgehead atoms. The molecule has 1 aromatic heterocycles. The summed E-state index contributed by atoms with van der Waals surface area (Å²) >= 11 is 0. The fraction of sp³-hybridized carbons (Fsp3) is 0.765. The average Bonchev–Trinajstić information content (AvgIpc) is 3.26. The van der Waals surface area contributed by atoms with Crippen molar-refractivity contribution < 1.29 is 9.15 Å². The van der Waals surface area contributed by atoms with E-state index in [1.165, 1.54) is 44.6 Å². The van der Waals surface area contributed by atoms with Gasteiger partial charge in [0.05, 0.1) is 25.2 Å². The molecule has 3 aliphatic rings. The normalized spacial score (nSPS) is 30.9. The van der Waals surface area contributed by atoms with E-state index in [1.807, 2.05) is 6.26 Å². The summed E-state index contributed by atoms with van der Waals surface area (Å²) in [5.41, 5.74) is 1.27. The highest BCUT2D eigenvalue weighted by Gasteiger charge is 2.39. The van der Waals surface area contributed by atoms with Gasteiger partial charge in [0.15, 0.2) is 0 Å². The lowest BCUT2D eigenvalue weighted by molar-refractivity contribution is -0.0488. The Labute approximate surface area is 132 Å². The molecule has 0 saturated carbocycles. The highest BCUT2D eigenvalue weighted by molar-refractivity contribution is 5.06. The van der Waals surface area contributed by atoms with Gasteiger partial charge in [-0.3, -0.25) is 9.80 Å². The van der Waals surface area contributed by atoms with Gasteiger partial charge in [-0.1, -0.05) is 0 Å². The number of hydrogen-bond acceptors (Lipinski definition) is 5. The average molecular weight is 305 g/mol. The molecule has 0 amide bonds. The van der Waals surface area contributed by atoms with Gasteiger partial charge in [0, 0.05) is 50.9 Å². The Morgan fingerprint density at radius 2 is 1.95 bits per heavy atom. The standard InChI is InChI=1S/C17H27N3O2/c1-2-5-18(4-1)6-7-20-8-10-22-17-13-19(12-16(17)20)11-15-3-9-21-14-15/h3,9,14,16-17H,1-2,4-8,10-13H2/t16-,17+/m1/s1. The van der Waals surface area contributed by atoms with Gasteiger partial charge in [0.1, 0.15) is 0 Å². The molecule has 22 heavy (non-hydrogen) atoms. The molecule has 0 N–H and O–H groups in total. The van der Waals surface area contributed by atoms with Gasteiger partial charge in [0.2, 0.25) is 0 Å². The molecule has 0 aromatic carbocycles. The predicted octanol–water partition coefficient (Wildman–Crippen LogP) is 1.26. The second kappa shape index (κ2) is 6.71. The molecule has 5 nitrogen and oxygen atoms in total. The molecular weight excluding hydrogens is 278 g/mol. The second-order valence-electron chi connectivity index (χ2n) is 6.89. The number of fused-ring (bicyclic) bond motifs is 1. The Morgan fingerprint density at radius 3 is 2.77 bits per heavy atom. The van der Waals surface area contributed by atoms with Gasteiger partial charge < -0.3 is 14.1 Å². The van der Waals surface area contributed by atoms with Crippen molar-refractivity contribution in [3.8, 4) is 0 Å². The van der Waals surface area contributed by atoms with Gasteiger partial charge in [-0.25, -0.2) is 0 Å². The van der Waals surface area contributed by atoms with Crippen LogP contribution in [-0.4, -0.2) is 79.3 Å². The van der Waals surface area contributed by atoms with Crippen LogP contribution in [0.5, 0.6) is 0 Å². The van der Waals surface area contributed by atoms with E-state index in [9.17, 15) is 0 Å². The molecule has 2 atom stereocenters. The SMILES string of the molecule is c1cc(CN2C[C@@H]3OCCN(CCN4CCCC4)[C@@H]3C2)co1. The first kappa shape index (κ1) is 14.7. The molecule has 3 aliphatic heterocycles. The Hall–Kier alpha value is -0.880. The lowest BCUT2D eigenvalue weighted by atomic mass is 10.1. The summed E-state index contributed by atoms with van der Waals surface area (Å²) in [6, 6.07) is 2.64. The van der Waals surface area contributed by atoms with E-state index < -0.39 is 0 Å². The highest BCUT2D eigenvalue weighted by atomic mass is 16.5. The van der Waals surface area contributed by atoms with E-state index in [4.69, 9.17) is 9.15 Å². The van der Waals surface area contributed by atoms with Gasteiger partial charge in [-0.05, 0) is 32.0 Å². The van der Waals surface area contributed by atoms with E-state index in [0.29, 0.717) is 12.1 Å². The van der Waals surface area contributed by atoms with Crippen LogP contribution < -0.4 is 0 Å². The molecule has 0 radical (unpaired) electrons. The Morgan fingerprint density at radius 1 is 1.05 bits per heavy atom. The van der Waals surface area contributed by atoms with Gasteiger partial charge >= 0.3 is 0 Å². The van der Waals surface area contributed by atoms with Crippen LogP contribution >= 0.6 is 0 Å². The van der Waals surface area contributed by atoms with Crippen LogP contribution in [-0.2, 0) is 11.3 Å². The van der Waals surface area contributed by atoms with Gasteiger partial charge in [-0.2, -0.15) is 0 Å². The minimum atomic E-state index is 0.388. The molecule has 0 aliphatic carbocycles. The van der Waals surface area contributed by atoms with Crippen molar-refractivity contribution >= 4 is 0 Å². The van der Waals surface area contributed by atoms with Crippen molar-refractivity contribution in [1.82, 2.24) is 14.7 Å². The zero-order valence-corrected chi connectivity index (χ0v) is 13.3. The third-order valence-corrected chi connectivity index (χ3v) is 5.38. The molecule has 0 spiro atoms. The molecule has 1 aromatic rings. The Kier molecular flexibility index (Phi) is 4.48. The van der Waals surface area contributed by atoms with Crippen LogP contribution in [0, 0.1) is 0 Å². The Balaban J connectivity index is 1.32. The maximum atomic E-state index is 6.03. The number of rotatable bonds is 5. The minimum absolute atomic E-state index is 0.388. The maximum Gasteiger partial charge on any atom is 0.0947 e. The summed E-state index contributed by atoms with van der Waals surface area (Å²) in [7, 11) is 0. The summed E-state index contributed by atoms with van der Waals surface area (Å²) in [6.07, 6.45) is 6.77. The summed E-state index contributed by atoms with van der Waals surface area (Å²) in [4.78, 5) is 7.79. The molecule has 3 saturated heterocycles. The van der Waals surface area contributed by atoms with E-state index >= 15 is 0 Å². The molecule has 5 heteroatoms. The number of likely N-dealkylation sites (tertiary alicyclic amines) is 2. The van der Waals surface area contributed by atoms with Crippen molar-refractivity contribution in [3.63, 3.8) is 0 Å². The lowest BCUT2D eigenvalue weighted by Crippen LogP contribution is -2.52. The van der Waals surface area contributed by atoms with Crippen LogP contribution in [0.2, 0.25) is 0 Å². The van der Waals surface area contributed by atoms with E-state index in [1.54, 1.807) is 6.26 Å². The molecule has 0 unspecified atom stereocenters. The van der Waals surface area contributed by atoms with E-state index in [-0.39, 0.29) is 0 Å². The second-order valence-corrected chi connectivity index (χ2v) is 6.89. The summed E-state index contributed by atoms with van der Waals surface area (Å²) in [6.45, 7) is 10.2. The third-order valence-electron chi connectivity index (χ3n) is 5.38.